The Morgan fingerprint density at radius 1 is 1.21 bits per heavy atom. The zero-order chi connectivity index (χ0) is 9.71. The normalized spacial score (nSPS) is 44.9. The van der Waals surface area contributed by atoms with Crippen LogP contribution in [-0.4, -0.2) is 5.78 Å². The average Bonchev–Trinajstić information content (AvgIpc) is 2.25. The third-order valence-corrected chi connectivity index (χ3v) is 4.99. The molecule has 4 aliphatic carbocycles. The van der Waals surface area contributed by atoms with Crippen LogP contribution in [0.2, 0.25) is 0 Å². The van der Waals surface area contributed by atoms with Crippen LogP contribution >= 0.6 is 22.6 Å². The van der Waals surface area contributed by atoms with Crippen molar-refractivity contribution in [1.82, 2.24) is 0 Å². The van der Waals surface area contributed by atoms with Gasteiger partial charge in [-0.05, 0) is 59.6 Å². The summed E-state index contributed by atoms with van der Waals surface area (Å²) < 4.78 is 0.977. The van der Waals surface area contributed by atoms with E-state index >= 15 is 0 Å². The van der Waals surface area contributed by atoms with Crippen LogP contribution in [0.5, 0.6) is 0 Å². The molecule has 2 heteroatoms. The van der Waals surface area contributed by atoms with Crippen LogP contribution in [0.25, 0.3) is 0 Å². The van der Waals surface area contributed by atoms with Crippen molar-refractivity contribution >= 4 is 28.4 Å². The molecule has 0 amide bonds. The van der Waals surface area contributed by atoms with Gasteiger partial charge in [-0.3, -0.25) is 4.79 Å². The number of halogens is 1. The first-order valence-corrected chi connectivity index (χ1v) is 6.43. The van der Waals surface area contributed by atoms with Crippen LogP contribution in [0.1, 0.15) is 19.3 Å². The maximum absolute atomic E-state index is 12.0. The topological polar surface area (TPSA) is 17.1 Å². The lowest BCUT2D eigenvalue weighted by molar-refractivity contribution is -0.124. The minimum absolute atomic E-state index is 0.329. The maximum Gasteiger partial charge on any atom is 0.172 e. The summed E-state index contributed by atoms with van der Waals surface area (Å²) in [6.07, 6.45) is 10.5. The Balaban J connectivity index is 2.01. The van der Waals surface area contributed by atoms with E-state index in [9.17, 15) is 4.79 Å². The quantitative estimate of drug-likeness (QED) is 0.496. The van der Waals surface area contributed by atoms with Gasteiger partial charge in [-0.2, -0.15) is 0 Å². The van der Waals surface area contributed by atoms with Crippen LogP contribution in [0.15, 0.2) is 21.8 Å². The molecule has 0 N–H and O–H groups in total. The standard InChI is InChI=1S/C12H13IO/c13-10-6-5-9-7-1-3-8(4-2-7)11(9)12(10)14/h1,3,6-9,11H,2,4-5H2/t7-,8+,9-,11+/m0/s1. The number of hydrogen-bond acceptors (Lipinski definition) is 1. The van der Waals surface area contributed by atoms with Gasteiger partial charge in [0.05, 0.1) is 3.58 Å². The highest BCUT2D eigenvalue weighted by Gasteiger charge is 2.45. The number of fused-ring (bicyclic) bond motifs is 1. The van der Waals surface area contributed by atoms with Gasteiger partial charge in [0.15, 0.2) is 5.78 Å². The van der Waals surface area contributed by atoms with E-state index in [0.717, 1.165) is 10.0 Å². The van der Waals surface area contributed by atoms with Gasteiger partial charge in [-0.1, -0.05) is 18.2 Å². The molecule has 14 heavy (non-hydrogen) atoms. The fraction of sp³-hybridized carbons (Fsp3) is 0.583. The summed E-state index contributed by atoms with van der Waals surface area (Å²) in [5, 5.41) is 0. The van der Waals surface area contributed by atoms with Crippen molar-refractivity contribution in [2.24, 2.45) is 23.7 Å². The van der Waals surface area contributed by atoms with Gasteiger partial charge in [0.1, 0.15) is 0 Å². The Kier molecular flexibility index (Phi) is 2.08. The molecular weight excluding hydrogens is 287 g/mol. The molecule has 0 aromatic heterocycles. The zero-order valence-corrected chi connectivity index (χ0v) is 10.1. The first-order valence-electron chi connectivity index (χ1n) is 5.35. The molecule has 0 aromatic carbocycles. The van der Waals surface area contributed by atoms with Crippen LogP contribution in [0, 0.1) is 23.7 Å². The SMILES string of the molecule is O=C1C(I)=CC[C@@H]2[C@H]1[C@@H]1C=C[C@H]2CC1. The van der Waals surface area contributed by atoms with Gasteiger partial charge >= 0.3 is 0 Å². The Hall–Kier alpha value is -0.120. The Morgan fingerprint density at radius 3 is 2.64 bits per heavy atom. The molecule has 74 valence electrons. The van der Waals surface area contributed by atoms with E-state index in [1.165, 1.54) is 12.8 Å². The third kappa shape index (κ3) is 1.16. The lowest BCUT2D eigenvalue weighted by Gasteiger charge is -2.45. The van der Waals surface area contributed by atoms with Crippen LogP contribution in [0.3, 0.4) is 0 Å². The summed E-state index contributed by atoms with van der Waals surface area (Å²) in [6, 6.07) is 0. The fourth-order valence-corrected chi connectivity index (χ4v) is 3.93. The largest absolute Gasteiger partial charge is 0.293 e. The number of carbonyl (C=O) groups excluding carboxylic acids is 1. The van der Waals surface area contributed by atoms with Crippen LogP contribution < -0.4 is 0 Å². The molecule has 1 saturated carbocycles. The average molecular weight is 300 g/mol. The van der Waals surface area contributed by atoms with Crippen molar-refractivity contribution in [3.63, 3.8) is 0 Å². The number of allylic oxidation sites excluding steroid dienone is 4. The Labute approximate surface area is 97.8 Å². The van der Waals surface area contributed by atoms with E-state index in [1.54, 1.807) is 0 Å². The highest BCUT2D eigenvalue weighted by molar-refractivity contribution is 14.1. The van der Waals surface area contributed by atoms with Crippen LogP contribution in [-0.2, 0) is 4.79 Å². The molecule has 0 heterocycles. The minimum Gasteiger partial charge on any atom is -0.293 e. The lowest BCUT2D eigenvalue weighted by Crippen LogP contribution is -2.42. The minimum atomic E-state index is 0.329. The molecule has 0 spiro atoms. The van der Waals surface area contributed by atoms with Gasteiger partial charge in [-0.15, -0.1) is 0 Å². The number of hydrogen-bond donors (Lipinski definition) is 0. The summed E-state index contributed by atoms with van der Waals surface area (Å²) in [6.45, 7) is 0. The molecule has 1 fully saturated rings. The molecule has 4 aliphatic rings. The van der Waals surface area contributed by atoms with E-state index in [2.05, 4.69) is 40.8 Å². The van der Waals surface area contributed by atoms with Gasteiger partial charge in [-0.25, -0.2) is 0 Å². The molecule has 4 atom stereocenters. The van der Waals surface area contributed by atoms with E-state index in [4.69, 9.17) is 0 Å². The maximum atomic E-state index is 12.0. The second-order valence-electron chi connectivity index (χ2n) is 4.63. The van der Waals surface area contributed by atoms with Crippen LogP contribution in [0.4, 0.5) is 0 Å². The molecular formula is C12H13IO. The zero-order valence-electron chi connectivity index (χ0n) is 7.95. The summed E-state index contributed by atoms with van der Waals surface area (Å²) in [5.74, 6) is 2.62. The van der Waals surface area contributed by atoms with Crippen molar-refractivity contribution in [2.75, 3.05) is 0 Å². The lowest BCUT2D eigenvalue weighted by atomic mass is 9.59. The molecule has 0 radical (unpaired) electrons. The molecule has 0 unspecified atom stereocenters. The molecule has 0 aliphatic heterocycles. The van der Waals surface area contributed by atoms with E-state index in [0.29, 0.717) is 29.5 Å². The summed E-state index contributed by atoms with van der Waals surface area (Å²) in [4.78, 5) is 12.0. The monoisotopic (exact) mass is 300 g/mol. The number of carbonyl (C=O) groups is 1. The predicted molar refractivity (Wildman–Crippen MR) is 64.1 cm³/mol. The molecule has 2 bridgehead atoms. The second-order valence-corrected chi connectivity index (χ2v) is 5.79. The Morgan fingerprint density at radius 2 is 1.93 bits per heavy atom. The predicted octanol–water partition coefficient (Wildman–Crippen LogP) is 3.11. The highest BCUT2D eigenvalue weighted by Crippen LogP contribution is 2.49. The fourth-order valence-electron chi connectivity index (χ4n) is 3.31. The second kappa shape index (κ2) is 3.19. The molecule has 0 aromatic rings. The van der Waals surface area contributed by atoms with Crippen molar-refractivity contribution in [3.8, 4) is 0 Å². The Bertz CT molecular complexity index is 342. The summed E-state index contributed by atoms with van der Waals surface area (Å²) >= 11 is 2.20. The van der Waals surface area contributed by atoms with Crippen molar-refractivity contribution in [2.45, 2.75) is 19.3 Å². The first kappa shape index (κ1) is 9.13. The molecule has 1 nitrogen and oxygen atoms in total. The third-order valence-electron chi connectivity index (χ3n) is 4.02. The van der Waals surface area contributed by atoms with Gasteiger partial charge in [0.2, 0.25) is 0 Å². The van der Waals surface area contributed by atoms with Crippen molar-refractivity contribution in [1.29, 1.82) is 0 Å². The van der Waals surface area contributed by atoms with E-state index in [-0.39, 0.29) is 0 Å². The van der Waals surface area contributed by atoms with Gasteiger partial charge in [0.25, 0.3) is 0 Å². The molecule has 0 saturated heterocycles. The van der Waals surface area contributed by atoms with Crippen molar-refractivity contribution < 1.29 is 4.79 Å². The molecule has 4 rings (SSSR count). The summed E-state index contributed by atoms with van der Waals surface area (Å²) in [7, 11) is 0. The highest BCUT2D eigenvalue weighted by atomic mass is 127. The van der Waals surface area contributed by atoms with Crippen molar-refractivity contribution in [3.05, 3.63) is 21.8 Å². The number of rotatable bonds is 0. The number of ketones is 1. The van der Waals surface area contributed by atoms with E-state index < -0.39 is 0 Å². The summed E-state index contributed by atoms with van der Waals surface area (Å²) in [5.41, 5.74) is 0. The first-order chi connectivity index (χ1) is 6.77. The number of Topliss-reactive ketones (excluding diaryl/α,β-unsaturated/α-hetero) is 1. The van der Waals surface area contributed by atoms with Gasteiger partial charge < -0.3 is 0 Å². The smallest absolute Gasteiger partial charge is 0.172 e. The van der Waals surface area contributed by atoms with Gasteiger partial charge in [0, 0.05) is 5.92 Å². The van der Waals surface area contributed by atoms with E-state index in [1.807, 2.05) is 0 Å².